The van der Waals surface area contributed by atoms with Crippen LogP contribution in [0.2, 0.25) is 0 Å². The molecule has 13 heteroatoms. The molecule has 1 fully saturated rings. The molecule has 3 heterocycles. The van der Waals surface area contributed by atoms with E-state index in [1.54, 1.807) is 10.6 Å². The minimum absolute atomic E-state index is 0.0233. The molecule has 0 amide bonds. The van der Waals surface area contributed by atoms with Gasteiger partial charge in [-0.25, -0.2) is 27.9 Å². The van der Waals surface area contributed by atoms with Crippen molar-refractivity contribution in [3.05, 3.63) is 107 Å². The quantitative estimate of drug-likeness (QED) is 0.218. The van der Waals surface area contributed by atoms with Crippen LogP contribution in [0, 0.1) is 28.8 Å². The fraction of sp³-hybridized carbons (Fsp3) is 0.194. The van der Waals surface area contributed by atoms with E-state index in [2.05, 4.69) is 15.0 Å². The molecule has 2 aromatic heterocycles. The van der Waals surface area contributed by atoms with Crippen LogP contribution in [0.3, 0.4) is 0 Å². The number of imidazole rings is 1. The van der Waals surface area contributed by atoms with Gasteiger partial charge in [0.05, 0.1) is 35.4 Å². The highest BCUT2D eigenvalue weighted by atomic mass is 19.1. The fourth-order valence-electron chi connectivity index (χ4n) is 4.69. The molecule has 1 saturated heterocycles. The van der Waals surface area contributed by atoms with Gasteiger partial charge in [0.1, 0.15) is 17.9 Å². The number of carboxylic acid groups (broad SMARTS) is 1. The molecule has 44 heavy (non-hydrogen) atoms. The first-order valence-electron chi connectivity index (χ1n) is 13.4. The number of rotatable bonds is 10. The highest BCUT2D eigenvalue weighted by molar-refractivity contribution is 5.92. The highest BCUT2D eigenvalue weighted by Crippen LogP contribution is 2.28. The van der Waals surface area contributed by atoms with Gasteiger partial charge in [0.25, 0.3) is 0 Å². The number of carbonyl (C=O) groups is 1. The summed E-state index contributed by atoms with van der Waals surface area (Å²) < 4.78 is 62.4. The lowest BCUT2D eigenvalue weighted by atomic mass is 10.1. The van der Waals surface area contributed by atoms with Gasteiger partial charge >= 0.3 is 5.97 Å². The third-order valence-electron chi connectivity index (χ3n) is 6.98. The average Bonchev–Trinajstić information content (AvgIpc) is 3.33. The Morgan fingerprint density at radius 3 is 2.55 bits per heavy atom. The summed E-state index contributed by atoms with van der Waals surface area (Å²) >= 11 is 0. The van der Waals surface area contributed by atoms with Crippen LogP contribution >= 0.6 is 0 Å². The first-order chi connectivity index (χ1) is 21.3. The van der Waals surface area contributed by atoms with Crippen LogP contribution in [0.25, 0.3) is 11.0 Å². The van der Waals surface area contributed by atoms with Gasteiger partial charge in [-0.05, 0) is 54.4 Å². The number of halogens is 3. The van der Waals surface area contributed by atoms with Crippen LogP contribution < -0.4 is 9.47 Å². The SMILES string of the molecule is N#Cc1ccc(OCc2nccc(Oc3ccc(Cc4nc5c(F)cc(C(=O)O)cc5n4C[C@@H]4CCO4)cc3F)n2)c(F)c1. The summed E-state index contributed by atoms with van der Waals surface area (Å²) in [6, 6.07) is 13.6. The predicted molar refractivity (Wildman–Crippen MR) is 148 cm³/mol. The number of aromatic nitrogens is 4. The molecule has 1 N–H and O–H groups in total. The zero-order valence-corrected chi connectivity index (χ0v) is 22.8. The lowest BCUT2D eigenvalue weighted by Gasteiger charge is -2.27. The van der Waals surface area contributed by atoms with Gasteiger partial charge in [-0.1, -0.05) is 6.07 Å². The van der Waals surface area contributed by atoms with Gasteiger partial charge in [-0.3, -0.25) is 0 Å². The Labute approximate surface area is 247 Å². The zero-order chi connectivity index (χ0) is 30.8. The van der Waals surface area contributed by atoms with Crippen molar-refractivity contribution in [2.24, 2.45) is 0 Å². The van der Waals surface area contributed by atoms with Crippen molar-refractivity contribution in [2.45, 2.75) is 32.1 Å². The van der Waals surface area contributed by atoms with Gasteiger partial charge in [0.2, 0.25) is 5.88 Å². The minimum atomic E-state index is -1.26. The monoisotopic (exact) mass is 601 g/mol. The maximum absolute atomic E-state index is 15.2. The Hall–Kier alpha value is -5.48. The van der Waals surface area contributed by atoms with E-state index >= 15 is 4.39 Å². The third-order valence-corrected chi connectivity index (χ3v) is 6.98. The summed E-state index contributed by atoms with van der Waals surface area (Å²) in [7, 11) is 0. The number of aromatic carboxylic acids is 1. The van der Waals surface area contributed by atoms with Crippen LogP contribution in [0.15, 0.2) is 60.8 Å². The molecule has 1 aliphatic heterocycles. The Kier molecular flexibility index (Phi) is 7.82. The largest absolute Gasteiger partial charge is 0.483 e. The molecule has 0 spiro atoms. The van der Waals surface area contributed by atoms with Crippen molar-refractivity contribution >= 4 is 17.0 Å². The molecular weight excluding hydrogens is 579 g/mol. The summed E-state index contributed by atoms with van der Waals surface area (Å²) in [4.78, 5) is 24.2. The van der Waals surface area contributed by atoms with Crippen LogP contribution in [-0.2, 0) is 24.3 Å². The van der Waals surface area contributed by atoms with E-state index in [4.69, 9.17) is 19.5 Å². The van der Waals surface area contributed by atoms with Crippen molar-refractivity contribution < 1.29 is 37.3 Å². The molecule has 1 aliphatic rings. The number of carboxylic acids is 1. The van der Waals surface area contributed by atoms with E-state index in [-0.39, 0.29) is 59.0 Å². The molecular formula is C31H22F3N5O5. The molecule has 3 aromatic carbocycles. The Balaban J connectivity index is 1.19. The smallest absolute Gasteiger partial charge is 0.335 e. The topological polar surface area (TPSA) is 132 Å². The maximum atomic E-state index is 15.2. The fourth-order valence-corrected chi connectivity index (χ4v) is 4.69. The summed E-state index contributed by atoms with van der Waals surface area (Å²) in [5, 5.41) is 18.3. The second-order valence-electron chi connectivity index (χ2n) is 9.95. The number of benzene rings is 3. The van der Waals surface area contributed by atoms with Crippen LogP contribution in [-0.4, -0.2) is 43.3 Å². The first-order valence-corrected chi connectivity index (χ1v) is 13.4. The Morgan fingerprint density at radius 1 is 1.05 bits per heavy atom. The number of fused-ring (bicyclic) bond motifs is 1. The molecule has 6 rings (SSSR count). The van der Waals surface area contributed by atoms with Crippen molar-refractivity contribution in [3.63, 3.8) is 0 Å². The summed E-state index contributed by atoms with van der Waals surface area (Å²) in [6.07, 6.45) is 2.18. The lowest BCUT2D eigenvalue weighted by molar-refractivity contribution is -0.0589. The van der Waals surface area contributed by atoms with Gasteiger partial charge in [-0.2, -0.15) is 10.2 Å². The van der Waals surface area contributed by atoms with Crippen molar-refractivity contribution in [1.29, 1.82) is 5.26 Å². The first kappa shape index (κ1) is 28.6. The molecule has 5 aromatic rings. The lowest BCUT2D eigenvalue weighted by Crippen LogP contribution is -2.31. The number of nitriles is 1. The zero-order valence-electron chi connectivity index (χ0n) is 22.8. The maximum Gasteiger partial charge on any atom is 0.335 e. The molecule has 0 saturated carbocycles. The average molecular weight is 602 g/mol. The Morgan fingerprint density at radius 2 is 1.84 bits per heavy atom. The van der Waals surface area contributed by atoms with Gasteiger partial charge in [0, 0.05) is 25.3 Å². The summed E-state index contributed by atoms with van der Waals surface area (Å²) in [5.74, 6) is -3.03. The van der Waals surface area contributed by atoms with Crippen LogP contribution in [0.4, 0.5) is 13.2 Å². The van der Waals surface area contributed by atoms with E-state index in [0.29, 0.717) is 30.1 Å². The normalized spacial score (nSPS) is 14.2. The van der Waals surface area contributed by atoms with E-state index in [1.165, 1.54) is 42.6 Å². The third kappa shape index (κ3) is 6.02. The van der Waals surface area contributed by atoms with E-state index in [0.717, 1.165) is 18.6 Å². The molecule has 1 atom stereocenters. The second-order valence-corrected chi connectivity index (χ2v) is 9.95. The molecule has 0 bridgehead atoms. The minimum Gasteiger partial charge on any atom is -0.483 e. The van der Waals surface area contributed by atoms with Gasteiger partial charge in [-0.15, -0.1) is 0 Å². The summed E-state index contributed by atoms with van der Waals surface area (Å²) in [5.41, 5.74) is 0.806. The van der Waals surface area contributed by atoms with E-state index < -0.39 is 23.4 Å². The molecule has 0 aliphatic carbocycles. The van der Waals surface area contributed by atoms with Crippen LogP contribution in [0.1, 0.15) is 39.6 Å². The van der Waals surface area contributed by atoms with Crippen molar-refractivity contribution in [2.75, 3.05) is 6.61 Å². The van der Waals surface area contributed by atoms with Crippen LogP contribution in [0.5, 0.6) is 17.4 Å². The second kappa shape index (κ2) is 12.0. The molecule has 10 nitrogen and oxygen atoms in total. The van der Waals surface area contributed by atoms with E-state index in [9.17, 15) is 18.7 Å². The summed E-state index contributed by atoms with van der Waals surface area (Å²) in [6.45, 7) is 0.739. The van der Waals surface area contributed by atoms with Gasteiger partial charge < -0.3 is 23.9 Å². The highest BCUT2D eigenvalue weighted by Gasteiger charge is 2.24. The molecule has 0 unspecified atom stereocenters. The molecule has 222 valence electrons. The van der Waals surface area contributed by atoms with Gasteiger partial charge in [0.15, 0.2) is 34.8 Å². The standard InChI is InChI=1S/C31H22F3N5O5/c32-21-10-18(14-35)2-3-25(21)43-16-27-36-7-5-29(37-27)44-26-4-1-17(9-22(26)33)11-28-38-30-23(34)12-19(31(40)41)13-24(30)39(28)15-20-6-8-42-20/h1-5,7,9-10,12-13,20H,6,8,11,15-16H2,(H,40,41)/t20-/m0/s1. The predicted octanol–water partition coefficient (Wildman–Crippen LogP) is 5.56. The number of nitrogens with zero attached hydrogens (tertiary/aromatic N) is 5. The number of hydrogen-bond acceptors (Lipinski definition) is 8. The number of hydrogen-bond donors (Lipinski definition) is 1. The Bertz CT molecular complexity index is 1940. The number of ether oxygens (including phenoxy) is 3. The van der Waals surface area contributed by atoms with E-state index in [1.807, 2.05) is 6.07 Å². The molecule has 0 radical (unpaired) electrons. The van der Waals surface area contributed by atoms with Crippen molar-refractivity contribution in [3.8, 4) is 23.4 Å². The van der Waals surface area contributed by atoms with Crippen molar-refractivity contribution in [1.82, 2.24) is 19.5 Å².